The van der Waals surface area contributed by atoms with Crippen molar-refractivity contribution in [1.29, 1.82) is 0 Å². The highest BCUT2D eigenvalue weighted by atomic mass is 16.4. The minimum Gasteiger partial charge on any atom is -0.508 e. The number of benzene rings is 2. The highest BCUT2D eigenvalue weighted by Gasteiger charge is 2.15. The summed E-state index contributed by atoms with van der Waals surface area (Å²) in [6.07, 6.45) is 4.86. The van der Waals surface area contributed by atoms with Crippen molar-refractivity contribution in [2.45, 2.75) is 6.42 Å². The maximum atomic E-state index is 12.6. The lowest BCUT2D eigenvalue weighted by atomic mass is 10.0. The molecule has 2 aromatic carbocycles. The van der Waals surface area contributed by atoms with Gasteiger partial charge >= 0.3 is 5.97 Å². The summed E-state index contributed by atoms with van der Waals surface area (Å²) in [6, 6.07) is 17.0. The summed E-state index contributed by atoms with van der Waals surface area (Å²) in [5.41, 5.74) is 3.01. The van der Waals surface area contributed by atoms with Crippen molar-refractivity contribution in [3.05, 3.63) is 89.7 Å². The molecule has 4 aromatic rings. The molecule has 0 atom stereocenters. The number of hydrogen-bond donors (Lipinski definition) is 4. The molecule has 31 heavy (non-hydrogen) atoms. The minimum absolute atomic E-state index is 0.0816. The molecule has 7 heteroatoms. The molecule has 0 fully saturated rings. The van der Waals surface area contributed by atoms with Crippen molar-refractivity contribution in [3.8, 4) is 5.75 Å². The zero-order chi connectivity index (χ0) is 21.8. The number of carboxylic acids is 1. The Labute approximate surface area is 177 Å². The van der Waals surface area contributed by atoms with Crippen LogP contribution in [0.2, 0.25) is 0 Å². The normalized spacial score (nSPS) is 11.4. The lowest BCUT2D eigenvalue weighted by Crippen LogP contribution is -2.14. The predicted molar refractivity (Wildman–Crippen MR) is 118 cm³/mol. The van der Waals surface area contributed by atoms with Gasteiger partial charge in [0.1, 0.15) is 11.4 Å². The smallest absolute Gasteiger partial charge is 0.336 e. The minimum atomic E-state index is -1.06. The lowest BCUT2D eigenvalue weighted by molar-refractivity contribution is -0.130. The third-order valence-corrected chi connectivity index (χ3v) is 4.77. The number of aliphatic carboxylic acids is 1. The highest BCUT2D eigenvalue weighted by molar-refractivity contribution is 6.22. The van der Waals surface area contributed by atoms with E-state index < -0.39 is 5.97 Å². The number of H-pyrrole nitrogens is 1. The number of phenolic OH excluding ortho intramolecular Hbond substituents is 1. The van der Waals surface area contributed by atoms with E-state index in [9.17, 15) is 19.8 Å². The quantitative estimate of drug-likeness (QED) is 0.356. The number of carbonyl (C=O) groups is 2. The van der Waals surface area contributed by atoms with Crippen LogP contribution in [-0.4, -0.2) is 32.1 Å². The molecule has 2 aromatic heterocycles. The first-order valence-electron chi connectivity index (χ1n) is 9.55. The number of aromatic hydroxyl groups is 1. The Balaban J connectivity index is 1.69. The van der Waals surface area contributed by atoms with Crippen molar-refractivity contribution in [2.24, 2.45) is 0 Å². The van der Waals surface area contributed by atoms with Gasteiger partial charge in [-0.05, 0) is 35.4 Å². The Kier molecular flexibility index (Phi) is 5.49. The monoisotopic (exact) mass is 413 g/mol. The van der Waals surface area contributed by atoms with Crippen molar-refractivity contribution in [3.63, 3.8) is 0 Å². The maximum Gasteiger partial charge on any atom is 0.336 e. The molecule has 4 N–H and O–H groups in total. The molecule has 0 aliphatic heterocycles. The fourth-order valence-electron chi connectivity index (χ4n) is 3.39. The number of anilines is 1. The highest BCUT2D eigenvalue weighted by Crippen LogP contribution is 2.29. The van der Waals surface area contributed by atoms with E-state index >= 15 is 0 Å². The number of carbonyl (C=O) groups excluding carboxylic acids is 1. The average molecular weight is 413 g/mol. The van der Waals surface area contributed by atoms with Gasteiger partial charge in [0.25, 0.3) is 0 Å². The van der Waals surface area contributed by atoms with E-state index in [0.29, 0.717) is 33.4 Å². The Morgan fingerprint density at radius 3 is 2.61 bits per heavy atom. The van der Waals surface area contributed by atoms with Crippen LogP contribution in [0.4, 0.5) is 5.69 Å². The van der Waals surface area contributed by atoms with Crippen LogP contribution in [0.1, 0.15) is 16.7 Å². The van der Waals surface area contributed by atoms with Crippen LogP contribution in [0.25, 0.3) is 22.7 Å². The van der Waals surface area contributed by atoms with E-state index in [2.05, 4.69) is 15.3 Å². The van der Waals surface area contributed by atoms with Gasteiger partial charge in [-0.2, -0.15) is 0 Å². The van der Waals surface area contributed by atoms with Gasteiger partial charge in [0.2, 0.25) is 5.91 Å². The van der Waals surface area contributed by atoms with Gasteiger partial charge in [0.05, 0.1) is 17.7 Å². The fraction of sp³-hybridized carbons (Fsp3) is 0.0417. The average Bonchev–Trinajstić information content (AvgIpc) is 3.16. The van der Waals surface area contributed by atoms with Crippen molar-refractivity contribution in [1.82, 2.24) is 9.97 Å². The number of phenols is 1. The Hall–Kier alpha value is -4.39. The zero-order valence-corrected chi connectivity index (χ0v) is 16.4. The molecule has 0 aliphatic carbocycles. The van der Waals surface area contributed by atoms with Crippen LogP contribution in [0, 0.1) is 0 Å². The number of nitrogens with zero attached hydrogens (tertiary/aromatic N) is 1. The summed E-state index contributed by atoms with van der Waals surface area (Å²) in [5.74, 6) is -1.23. The number of fused-ring (bicyclic) bond motifs is 1. The van der Waals surface area contributed by atoms with Gasteiger partial charge in [-0.3, -0.25) is 4.79 Å². The molecule has 0 spiro atoms. The lowest BCUT2D eigenvalue weighted by Gasteiger charge is -2.08. The van der Waals surface area contributed by atoms with E-state index in [-0.39, 0.29) is 23.7 Å². The number of rotatable bonds is 6. The molecule has 0 aliphatic rings. The molecule has 0 radical (unpaired) electrons. The van der Waals surface area contributed by atoms with Gasteiger partial charge in [0, 0.05) is 23.3 Å². The molecular weight excluding hydrogens is 394 g/mol. The molecule has 2 heterocycles. The topological polar surface area (TPSA) is 115 Å². The van der Waals surface area contributed by atoms with Crippen molar-refractivity contribution < 1.29 is 19.8 Å². The van der Waals surface area contributed by atoms with Crippen LogP contribution in [0.3, 0.4) is 0 Å². The second kappa shape index (κ2) is 8.54. The van der Waals surface area contributed by atoms with E-state index in [1.807, 2.05) is 6.07 Å². The van der Waals surface area contributed by atoms with Crippen LogP contribution >= 0.6 is 0 Å². The largest absolute Gasteiger partial charge is 0.508 e. The molecular formula is C24H19N3O4. The van der Waals surface area contributed by atoms with E-state index in [1.54, 1.807) is 67.0 Å². The summed E-state index contributed by atoms with van der Waals surface area (Å²) < 4.78 is 0. The molecule has 4 rings (SSSR count). The first-order chi connectivity index (χ1) is 15.0. The second-order valence-electron chi connectivity index (χ2n) is 6.95. The van der Waals surface area contributed by atoms with Crippen LogP contribution in [0.15, 0.2) is 73.1 Å². The summed E-state index contributed by atoms with van der Waals surface area (Å²) in [4.78, 5) is 31.8. The summed E-state index contributed by atoms with van der Waals surface area (Å²) in [5, 5.41) is 22.8. The SMILES string of the molecule is O=C(Cc1cccc(O)c1)Nc1ccnc2[nH]cc(C=C(C(=O)O)c3ccccc3)c12. The first-order valence-corrected chi connectivity index (χ1v) is 9.55. The van der Waals surface area contributed by atoms with Crippen LogP contribution < -0.4 is 5.32 Å². The fourth-order valence-corrected chi connectivity index (χ4v) is 3.39. The zero-order valence-electron chi connectivity index (χ0n) is 16.4. The van der Waals surface area contributed by atoms with E-state index in [0.717, 1.165) is 0 Å². The Morgan fingerprint density at radius 2 is 1.87 bits per heavy atom. The summed E-state index contributed by atoms with van der Waals surface area (Å²) in [7, 11) is 0. The van der Waals surface area contributed by atoms with Crippen molar-refractivity contribution in [2.75, 3.05) is 5.32 Å². The molecule has 0 saturated carbocycles. The molecule has 0 unspecified atom stereocenters. The molecule has 154 valence electrons. The van der Waals surface area contributed by atoms with Crippen LogP contribution in [0.5, 0.6) is 5.75 Å². The number of nitrogens with one attached hydrogen (secondary N) is 2. The van der Waals surface area contributed by atoms with Gasteiger partial charge in [-0.25, -0.2) is 9.78 Å². The standard InChI is InChI=1S/C24H19N3O4/c28-18-8-4-5-15(11-18)12-21(29)27-20-9-10-25-23-22(20)17(14-26-23)13-19(24(30)31)16-6-2-1-3-7-16/h1-11,13-14,28H,12H2,(H,30,31)(H2,25,26,27,29). The van der Waals surface area contributed by atoms with Gasteiger partial charge < -0.3 is 20.5 Å². The number of aromatic amines is 1. The first kappa shape index (κ1) is 19.9. The molecule has 0 saturated heterocycles. The van der Waals surface area contributed by atoms with Gasteiger partial charge in [-0.1, -0.05) is 42.5 Å². The Bertz CT molecular complexity index is 1290. The van der Waals surface area contributed by atoms with E-state index in [1.165, 1.54) is 6.07 Å². The van der Waals surface area contributed by atoms with Crippen molar-refractivity contribution >= 4 is 40.2 Å². The number of pyridine rings is 1. The van der Waals surface area contributed by atoms with Gasteiger partial charge in [-0.15, -0.1) is 0 Å². The second-order valence-corrected chi connectivity index (χ2v) is 6.95. The summed E-state index contributed by atoms with van der Waals surface area (Å²) in [6.45, 7) is 0. The van der Waals surface area contributed by atoms with Gasteiger partial charge in [0.15, 0.2) is 0 Å². The molecule has 1 amide bonds. The van der Waals surface area contributed by atoms with Crippen LogP contribution in [-0.2, 0) is 16.0 Å². The Morgan fingerprint density at radius 1 is 1.06 bits per heavy atom. The number of hydrogen-bond acceptors (Lipinski definition) is 4. The predicted octanol–water partition coefficient (Wildman–Crippen LogP) is 4.07. The number of amides is 1. The number of aromatic nitrogens is 2. The molecule has 7 nitrogen and oxygen atoms in total. The van der Waals surface area contributed by atoms with E-state index in [4.69, 9.17) is 0 Å². The summed E-state index contributed by atoms with van der Waals surface area (Å²) >= 11 is 0. The molecule has 0 bridgehead atoms. The number of carboxylic acid groups (broad SMARTS) is 1. The third kappa shape index (κ3) is 4.45. The third-order valence-electron chi connectivity index (χ3n) is 4.77. The maximum absolute atomic E-state index is 12.6.